The highest BCUT2D eigenvalue weighted by Crippen LogP contribution is 2.46. The third-order valence-corrected chi connectivity index (χ3v) is 3.91. The minimum atomic E-state index is 0.0305. The summed E-state index contributed by atoms with van der Waals surface area (Å²) in [6.45, 7) is 8.40. The molecule has 17 heavy (non-hydrogen) atoms. The van der Waals surface area contributed by atoms with Crippen LogP contribution >= 0.6 is 0 Å². The van der Waals surface area contributed by atoms with Crippen LogP contribution in [0.2, 0.25) is 0 Å². The number of carbonyl (C=O) groups excluding carboxylic acids is 1. The third-order valence-electron chi connectivity index (χ3n) is 3.91. The third kappa shape index (κ3) is 2.86. The van der Waals surface area contributed by atoms with E-state index in [4.69, 9.17) is 4.74 Å². The van der Waals surface area contributed by atoms with E-state index in [1.54, 1.807) is 6.08 Å². The van der Waals surface area contributed by atoms with E-state index in [0.717, 1.165) is 24.8 Å². The molecular formula is C15H22O2. The number of carbonyl (C=O) groups is 1. The Morgan fingerprint density at radius 3 is 2.76 bits per heavy atom. The first kappa shape index (κ1) is 12.6. The van der Waals surface area contributed by atoms with E-state index in [0.29, 0.717) is 6.10 Å². The molecule has 0 bridgehead atoms. The fourth-order valence-electron chi connectivity index (χ4n) is 2.42. The van der Waals surface area contributed by atoms with Gasteiger partial charge in [-0.25, -0.2) is 0 Å². The van der Waals surface area contributed by atoms with Crippen molar-refractivity contribution in [1.82, 2.24) is 0 Å². The van der Waals surface area contributed by atoms with Crippen molar-refractivity contribution in [3.8, 4) is 0 Å². The van der Waals surface area contributed by atoms with Crippen LogP contribution in [0.3, 0.4) is 0 Å². The number of ether oxygens (including phenoxy) is 1. The molecule has 2 atom stereocenters. The molecule has 0 radical (unpaired) electrons. The minimum Gasteiger partial charge on any atom is -0.366 e. The fourth-order valence-corrected chi connectivity index (χ4v) is 2.42. The van der Waals surface area contributed by atoms with Crippen molar-refractivity contribution in [1.29, 1.82) is 0 Å². The molecule has 0 aromatic carbocycles. The highest BCUT2D eigenvalue weighted by atomic mass is 16.6. The summed E-state index contributed by atoms with van der Waals surface area (Å²) in [7, 11) is 0. The normalized spacial score (nSPS) is 41.8. The van der Waals surface area contributed by atoms with Crippen LogP contribution < -0.4 is 0 Å². The number of fused-ring (bicyclic) bond motifs is 1. The molecule has 0 unspecified atom stereocenters. The monoisotopic (exact) mass is 234 g/mol. The van der Waals surface area contributed by atoms with Gasteiger partial charge in [0.25, 0.3) is 0 Å². The van der Waals surface area contributed by atoms with Gasteiger partial charge in [0.1, 0.15) is 0 Å². The zero-order valence-electron chi connectivity index (χ0n) is 11.2. The molecule has 0 saturated carbocycles. The van der Waals surface area contributed by atoms with Gasteiger partial charge in [-0.1, -0.05) is 26.0 Å². The van der Waals surface area contributed by atoms with Crippen LogP contribution in [-0.2, 0) is 9.53 Å². The molecule has 0 aromatic heterocycles. The lowest BCUT2D eigenvalue weighted by Crippen LogP contribution is -2.17. The maximum Gasteiger partial charge on any atom is 0.180 e. The molecular weight excluding hydrogens is 212 g/mol. The average molecular weight is 234 g/mol. The van der Waals surface area contributed by atoms with Gasteiger partial charge in [0.15, 0.2) is 5.78 Å². The Morgan fingerprint density at radius 1 is 1.35 bits per heavy atom. The van der Waals surface area contributed by atoms with Crippen LogP contribution in [-0.4, -0.2) is 17.5 Å². The summed E-state index contributed by atoms with van der Waals surface area (Å²) in [6, 6.07) is 0. The number of allylic oxidation sites excluding steroid dienone is 4. The number of hydrogen-bond donors (Lipinski definition) is 0. The lowest BCUT2D eigenvalue weighted by atomic mass is 9.84. The SMILES string of the molecule is C/C1=C/CC[C@@]2(C)O[C@H]2CC(C)(C)/C=C\C1=O. The largest absolute Gasteiger partial charge is 0.366 e. The summed E-state index contributed by atoms with van der Waals surface area (Å²) >= 11 is 0. The van der Waals surface area contributed by atoms with Crippen molar-refractivity contribution in [2.24, 2.45) is 5.41 Å². The van der Waals surface area contributed by atoms with Crippen LogP contribution in [0.4, 0.5) is 0 Å². The van der Waals surface area contributed by atoms with Crippen LogP contribution in [0.5, 0.6) is 0 Å². The van der Waals surface area contributed by atoms with Gasteiger partial charge in [-0.2, -0.15) is 0 Å². The maximum atomic E-state index is 11.8. The average Bonchev–Trinajstić information content (AvgIpc) is 2.83. The van der Waals surface area contributed by atoms with Crippen LogP contribution in [0, 0.1) is 5.41 Å². The first-order chi connectivity index (χ1) is 7.82. The van der Waals surface area contributed by atoms with E-state index in [1.165, 1.54) is 0 Å². The lowest BCUT2D eigenvalue weighted by Gasteiger charge is -2.19. The Bertz CT molecular complexity index is 390. The number of hydrogen-bond acceptors (Lipinski definition) is 2. The second kappa shape index (κ2) is 4.09. The van der Waals surface area contributed by atoms with E-state index in [-0.39, 0.29) is 16.8 Å². The van der Waals surface area contributed by atoms with Crippen molar-refractivity contribution in [3.63, 3.8) is 0 Å². The first-order valence-corrected chi connectivity index (χ1v) is 6.41. The van der Waals surface area contributed by atoms with Gasteiger partial charge in [-0.15, -0.1) is 0 Å². The van der Waals surface area contributed by atoms with Crippen molar-refractivity contribution < 1.29 is 9.53 Å². The van der Waals surface area contributed by atoms with E-state index in [2.05, 4.69) is 20.8 Å². The molecule has 2 rings (SSSR count). The Balaban J connectivity index is 2.21. The minimum absolute atomic E-state index is 0.0305. The second-order valence-electron chi connectivity index (χ2n) is 6.24. The lowest BCUT2D eigenvalue weighted by molar-refractivity contribution is -0.111. The van der Waals surface area contributed by atoms with Crippen LogP contribution in [0.1, 0.15) is 47.0 Å². The van der Waals surface area contributed by atoms with Gasteiger partial charge >= 0.3 is 0 Å². The standard InChI is InChI=1S/C15H22O2/c1-11-6-5-8-15(4)13(17-15)10-14(2,3)9-7-12(11)16/h6-7,9,13H,5,8,10H2,1-4H3/b9-7-,11-6-/t13-,15+/m0/s1. The number of epoxide rings is 1. The Hall–Kier alpha value is -0.890. The highest BCUT2D eigenvalue weighted by molar-refractivity contribution is 6.03. The Morgan fingerprint density at radius 2 is 2.06 bits per heavy atom. The smallest absolute Gasteiger partial charge is 0.180 e. The molecule has 2 aliphatic rings. The second-order valence-corrected chi connectivity index (χ2v) is 6.24. The summed E-state index contributed by atoms with van der Waals surface area (Å²) in [5.74, 6) is 0.139. The molecule has 94 valence electrons. The maximum absolute atomic E-state index is 11.8. The van der Waals surface area contributed by atoms with E-state index in [1.807, 2.05) is 19.1 Å². The number of ketones is 1. The molecule has 0 N–H and O–H groups in total. The van der Waals surface area contributed by atoms with Gasteiger partial charge in [0.2, 0.25) is 0 Å². The van der Waals surface area contributed by atoms with Gasteiger partial charge < -0.3 is 4.74 Å². The first-order valence-electron chi connectivity index (χ1n) is 6.41. The van der Waals surface area contributed by atoms with Crippen LogP contribution in [0.25, 0.3) is 0 Å². The topological polar surface area (TPSA) is 29.6 Å². The highest BCUT2D eigenvalue weighted by Gasteiger charge is 2.52. The molecule has 1 heterocycles. The number of rotatable bonds is 0. The summed E-state index contributed by atoms with van der Waals surface area (Å²) < 4.78 is 5.83. The summed E-state index contributed by atoms with van der Waals surface area (Å²) in [5.41, 5.74) is 0.914. The fraction of sp³-hybridized carbons (Fsp3) is 0.667. The summed E-state index contributed by atoms with van der Waals surface area (Å²) in [4.78, 5) is 11.8. The molecule has 2 heteroatoms. The molecule has 0 aromatic rings. The van der Waals surface area contributed by atoms with Gasteiger partial charge in [-0.3, -0.25) is 4.79 Å². The van der Waals surface area contributed by atoms with E-state index >= 15 is 0 Å². The van der Waals surface area contributed by atoms with Crippen molar-refractivity contribution in [2.75, 3.05) is 0 Å². The zero-order chi connectivity index (χ0) is 12.7. The predicted octanol–water partition coefficient (Wildman–Crippen LogP) is 3.43. The molecule has 1 aliphatic carbocycles. The molecule has 2 nitrogen and oxygen atoms in total. The van der Waals surface area contributed by atoms with Crippen molar-refractivity contribution >= 4 is 5.78 Å². The zero-order valence-corrected chi connectivity index (χ0v) is 11.2. The molecule has 1 aliphatic heterocycles. The van der Waals surface area contributed by atoms with Crippen LogP contribution in [0.15, 0.2) is 23.8 Å². The predicted molar refractivity (Wildman–Crippen MR) is 68.8 cm³/mol. The Kier molecular flexibility index (Phi) is 3.03. The van der Waals surface area contributed by atoms with Gasteiger partial charge in [-0.05, 0) is 50.2 Å². The van der Waals surface area contributed by atoms with Crippen molar-refractivity contribution in [3.05, 3.63) is 23.8 Å². The van der Waals surface area contributed by atoms with E-state index < -0.39 is 0 Å². The summed E-state index contributed by atoms with van der Waals surface area (Å²) in [5, 5.41) is 0. The Labute approximate surface area is 104 Å². The summed E-state index contributed by atoms with van der Waals surface area (Å²) in [6.07, 6.45) is 9.07. The molecule has 0 spiro atoms. The molecule has 1 fully saturated rings. The molecule has 0 amide bonds. The molecule has 1 saturated heterocycles. The van der Waals surface area contributed by atoms with Crippen molar-refractivity contribution in [2.45, 2.75) is 58.7 Å². The van der Waals surface area contributed by atoms with E-state index in [9.17, 15) is 4.79 Å². The quantitative estimate of drug-likeness (QED) is 0.601. The van der Waals surface area contributed by atoms with Gasteiger partial charge in [0, 0.05) is 0 Å². The van der Waals surface area contributed by atoms with Gasteiger partial charge in [0.05, 0.1) is 11.7 Å².